The standard InChI is InChI=1S/C12H20N2O3/c1-4-10(12(16)17-5-2)11(15)14-8-6-13(3)7-9-14/h4H,5-9H2,1-3H3. The van der Waals surface area contributed by atoms with Gasteiger partial charge in [0.05, 0.1) is 6.61 Å². The highest BCUT2D eigenvalue weighted by molar-refractivity contribution is 6.16. The van der Waals surface area contributed by atoms with Gasteiger partial charge in [-0.1, -0.05) is 6.08 Å². The molecule has 1 amide bonds. The van der Waals surface area contributed by atoms with Crippen LogP contribution in [0.5, 0.6) is 0 Å². The lowest BCUT2D eigenvalue weighted by Gasteiger charge is -2.32. The van der Waals surface area contributed by atoms with Gasteiger partial charge in [-0.25, -0.2) is 4.79 Å². The van der Waals surface area contributed by atoms with Crippen LogP contribution in [0, 0.1) is 0 Å². The first-order valence-electron chi connectivity index (χ1n) is 5.91. The van der Waals surface area contributed by atoms with Crippen molar-refractivity contribution in [2.45, 2.75) is 13.8 Å². The highest BCUT2D eigenvalue weighted by atomic mass is 16.5. The Kier molecular flexibility index (Phi) is 5.15. The van der Waals surface area contributed by atoms with Crippen molar-refractivity contribution in [2.75, 3.05) is 39.8 Å². The van der Waals surface area contributed by atoms with Crippen LogP contribution in [0.15, 0.2) is 11.6 Å². The fourth-order valence-electron chi connectivity index (χ4n) is 1.72. The molecule has 1 aliphatic heterocycles. The van der Waals surface area contributed by atoms with Crippen LogP contribution in [-0.2, 0) is 14.3 Å². The average molecular weight is 240 g/mol. The van der Waals surface area contributed by atoms with Gasteiger partial charge in [-0.3, -0.25) is 4.79 Å². The predicted molar refractivity (Wildman–Crippen MR) is 64.5 cm³/mol. The van der Waals surface area contributed by atoms with Crippen molar-refractivity contribution < 1.29 is 14.3 Å². The van der Waals surface area contributed by atoms with Crippen LogP contribution in [0.25, 0.3) is 0 Å². The van der Waals surface area contributed by atoms with Crippen LogP contribution >= 0.6 is 0 Å². The molecule has 0 aromatic heterocycles. The smallest absolute Gasteiger partial charge is 0.343 e. The normalized spacial score (nSPS) is 18.1. The molecule has 5 heteroatoms. The molecule has 0 radical (unpaired) electrons. The monoisotopic (exact) mass is 240 g/mol. The summed E-state index contributed by atoms with van der Waals surface area (Å²) < 4.78 is 4.86. The average Bonchev–Trinajstić information content (AvgIpc) is 2.31. The molecule has 0 spiro atoms. The Hall–Kier alpha value is -1.36. The molecule has 1 aliphatic rings. The van der Waals surface area contributed by atoms with E-state index in [9.17, 15) is 9.59 Å². The number of allylic oxidation sites excluding steroid dienone is 1. The molecular weight excluding hydrogens is 220 g/mol. The van der Waals surface area contributed by atoms with Crippen molar-refractivity contribution in [3.8, 4) is 0 Å². The Morgan fingerprint density at radius 1 is 1.24 bits per heavy atom. The molecule has 1 saturated heterocycles. The Balaban J connectivity index is 2.64. The van der Waals surface area contributed by atoms with Crippen LogP contribution in [-0.4, -0.2) is 61.5 Å². The molecule has 0 aliphatic carbocycles. The van der Waals surface area contributed by atoms with Crippen LogP contribution in [0.3, 0.4) is 0 Å². The lowest BCUT2D eigenvalue weighted by atomic mass is 10.2. The number of hydrogen-bond donors (Lipinski definition) is 0. The second kappa shape index (κ2) is 6.39. The highest BCUT2D eigenvalue weighted by Crippen LogP contribution is 2.08. The number of nitrogens with zero attached hydrogens (tertiary/aromatic N) is 2. The molecule has 1 fully saturated rings. The molecule has 17 heavy (non-hydrogen) atoms. The molecular formula is C12H20N2O3. The molecule has 0 bridgehead atoms. The molecule has 1 heterocycles. The van der Waals surface area contributed by atoms with Gasteiger partial charge in [0.1, 0.15) is 5.57 Å². The second-order valence-electron chi connectivity index (χ2n) is 4.02. The summed E-state index contributed by atoms with van der Waals surface area (Å²) in [6.07, 6.45) is 1.53. The van der Waals surface area contributed by atoms with Gasteiger partial charge >= 0.3 is 5.97 Å². The summed E-state index contributed by atoms with van der Waals surface area (Å²) in [5.41, 5.74) is 0.136. The highest BCUT2D eigenvalue weighted by Gasteiger charge is 2.26. The minimum Gasteiger partial charge on any atom is -0.462 e. The molecule has 96 valence electrons. The van der Waals surface area contributed by atoms with E-state index < -0.39 is 5.97 Å². The molecule has 0 aromatic rings. The van der Waals surface area contributed by atoms with Crippen LogP contribution < -0.4 is 0 Å². The first kappa shape index (κ1) is 13.7. The van der Waals surface area contributed by atoms with Crippen molar-refractivity contribution in [1.29, 1.82) is 0 Å². The number of amides is 1. The Morgan fingerprint density at radius 2 is 1.82 bits per heavy atom. The lowest BCUT2D eigenvalue weighted by Crippen LogP contribution is -2.48. The van der Waals surface area contributed by atoms with E-state index in [4.69, 9.17) is 4.74 Å². The minimum atomic E-state index is -0.529. The van der Waals surface area contributed by atoms with Gasteiger partial charge in [-0.2, -0.15) is 0 Å². The molecule has 1 rings (SSSR count). The van der Waals surface area contributed by atoms with E-state index in [0.717, 1.165) is 13.1 Å². The molecule has 0 aromatic carbocycles. The van der Waals surface area contributed by atoms with Crippen molar-refractivity contribution in [1.82, 2.24) is 9.80 Å². The third-order valence-corrected chi connectivity index (χ3v) is 2.80. The zero-order valence-electron chi connectivity index (χ0n) is 10.7. The van der Waals surface area contributed by atoms with Gasteiger partial charge in [0.15, 0.2) is 0 Å². The quantitative estimate of drug-likeness (QED) is 0.307. The van der Waals surface area contributed by atoms with Crippen molar-refractivity contribution >= 4 is 11.9 Å². The van der Waals surface area contributed by atoms with Gasteiger partial charge in [0, 0.05) is 26.2 Å². The Bertz CT molecular complexity index is 318. The lowest BCUT2D eigenvalue weighted by molar-refractivity contribution is -0.142. The Labute approximate surface area is 102 Å². The summed E-state index contributed by atoms with van der Waals surface area (Å²) in [5, 5.41) is 0. The van der Waals surface area contributed by atoms with E-state index in [-0.39, 0.29) is 18.1 Å². The van der Waals surface area contributed by atoms with Gasteiger partial charge in [-0.05, 0) is 20.9 Å². The second-order valence-corrected chi connectivity index (χ2v) is 4.02. The summed E-state index contributed by atoms with van der Waals surface area (Å²) >= 11 is 0. The largest absolute Gasteiger partial charge is 0.462 e. The SMILES string of the molecule is CC=C(C(=O)OCC)C(=O)N1CCN(C)CC1. The number of esters is 1. The van der Waals surface area contributed by atoms with E-state index in [1.165, 1.54) is 6.08 Å². The number of piperazine rings is 1. The maximum Gasteiger partial charge on any atom is 0.343 e. The summed E-state index contributed by atoms with van der Waals surface area (Å²) in [7, 11) is 2.02. The topological polar surface area (TPSA) is 49.9 Å². The van der Waals surface area contributed by atoms with Gasteiger partial charge in [-0.15, -0.1) is 0 Å². The maximum absolute atomic E-state index is 12.1. The molecule has 5 nitrogen and oxygen atoms in total. The van der Waals surface area contributed by atoms with Gasteiger partial charge < -0.3 is 14.5 Å². The third kappa shape index (κ3) is 3.56. The minimum absolute atomic E-state index is 0.136. The van der Waals surface area contributed by atoms with Crippen molar-refractivity contribution in [3.63, 3.8) is 0 Å². The number of ether oxygens (including phenoxy) is 1. The summed E-state index contributed by atoms with van der Waals surface area (Å²) in [4.78, 5) is 27.5. The summed E-state index contributed by atoms with van der Waals surface area (Å²) in [6.45, 7) is 6.69. The molecule has 0 saturated carbocycles. The zero-order chi connectivity index (χ0) is 12.8. The van der Waals surface area contributed by atoms with Crippen LogP contribution in [0.2, 0.25) is 0 Å². The van der Waals surface area contributed by atoms with E-state index in [1.54, 1.807) is 18.7 Å². The number of likely N-dealkylation sites (N-methyl/N-ethyl adjacent to an activating group) is 1. The van der Waals surface area contributed by atoms with Gasteiger partial charge in [0.2, 0.25) is 0 Å². The zero-order valence-corrected chi connectivity index (χ0v) is 10.7. The molecule has 0 N–H and O–H groups in total. The van der Waals surface area contributed by atoms with Crippen LogP contribution in [0.1, 0.15) is 13.8 Å². The molecule has 0 atom stereocenters. The van der Waals surface area contributed by atoms with E-state index in [2.05, 4.69) is 4.90 Å². The van der Waals surface area contributed by atoms with Gasteiger partial charge in [0.25, 0.3) is 5.91 Å². The van der Waals surface area contributed by atoms with E-state index >= 15 is 0 Å². The number of rotatable bonds is 3. The summed E-state index contributed by atoms with van der Waals surface area (Å²) in [6, 6.07) is 0. The predicted octanol–water partition coefficient (Wildman–Crippen LogP) is 0.270. The Morgan fingerprint density at radius 3 is 2.29 bits per heavy atom. The first-order chi connectivity index (χ1) is 8.10. The maximum atomic E-state index is 12.1. The van der Waals surface area contributed by atoms with Crippen LogP contribution in [0.4, 0.5) is 0 Å². The van der Waals surface area contributed by atoms with E-state index in [1.807, 2.05) is 7.05 Å². The number of hydrogen-bond acceptors (Lipinski definition) is 4. The van der Waals surface area contributed by atoms with Crippen molar-refractivity contribution in [2.24, 2.45) is 0 Å². The third-order valence-electron chi connectivity index (χ3n) is 2.80. The molecule has 0 unspecified atom stereocenters. The first-order valence-corrected chi connectivity index (χ1v) is 5.91. The van der Waals surface area contributed by atoms with E-state index in [0.29, 0.717) is 13.1 Å². The number of carbonyl (C=O) groups is 2. The van der Waals surface area contributed by atoms with Crippen molar-refractivity contribution in [3.05, 3.63) is 11.6 Å². The fraction of sp³-hybridized carbons (Fsp3) is 0.667. The fourth-order valence-corrected chi connectivity index (χ4v) is 1.72. The number of carbonyl (C=O) groups excluding carboxylic acids is 2. The summed E-state index contributed by atoms with van der Waals surface area (Å²) in [5.74, 6) is -0.752.